The van der Waals surface area contributed by atoms with Gasteiger partial charge in [-0.05, 0) is 24.6 Å². The largest absolute Gasteiger partial charge is 0.464 e. The van der Waals surface area contributed by atoms with Gasteiger partial charge in [0.15, 0.2) is 11.5 Å². The van der Waals surface area contributed by atoms with Gasteiger partial charge < -0.3 is 4.74 Å². The van der Waals surface area contributed by atoms with Crippen LogP contribution in [0.3, 0.4) is 0 Å². The van der Waals surface area contributed by atoms with E-state index in [0.717, 1.165) is 15.6 Å². The van der Waals surface area contributed by atoms with E-state index in [1.165, 1.54) is 25.4 Å². The molecule has 0 bridgehead atoms. The number of carbonyl (C=O) groups is 2. The van der Waals surface area contributed by atoms with Crippen LogP contribution < -0.4 is 0 Å². The molecule has 0 N–H and O–H groups in total. The Labute approximate surface area is 128 Å². The molecule has 0 aliphatic rings. The van der Waals surface area contributed by atoms with Gasteiger partial charge in [-0.1, -0.05) is 22.0 Å². The first-order valence-electron chi connectivity index (χ1n) is 5.80. The van der Waals surface area contributed by atoms with Crippen molar-refractivity contribution in [3.8, 4) is 10.6 Å². The van der Waals surface area contributed by atoms with Crippen LogP contribution >= 0.6 is 27.3 Å². The quantitative estimate of drug-likeness (QED) is 0.620. The average Bonchev–Trinajstić information content (AvgIpc) is 2.86. The minimum absolute atomic E-state index is 0.0839. The molecule has 4 nitrogen and oxygen atoms in total. The van der Waals surface area contributed by atoms with Gasteiger partial charge in [0.25, 0.3) is 0 Å². The number of ether oxygens (including phenoxy) is 1. The number of aryl methyl sites for hydroxylation is 1. The highest BCUT2D eigenvalue weighted by Gasteiger charge is 2.22. The topological polar surface area (TPSA) is 56.3 Å². The number of benzene rings is 1. The molecule has 0 atom stereocenters. The van der Waals surface area contributed by atoms with E-state index < -0.39 is 5.97 Å². The number of hydrogen-bond donors (Lipinski definition) is 0. The first-order chi connectivity index (χ1) is 9.43. The van der Waals surface area contributed by atoms with E-state index in [0.29, 0.717) is 9.88 Å². The summed E-state index contributed by atoms with van der Waals surface area (Å²) < 4.78 is 5.66. The molecular formula is C14H12BrNO3S. The first kappa shape index (κ1) is 14.9. The minimum Gasteiger partial charge on any atom is -0.464 e. The van der Waals surface area contributed by atoms with E-state index in [4.69, 9.17) is 0 Å². The molecule has 20 heavy (non-hydrogen) atoms. The summed E-state index contributed by atoms with van der Waals surface area (Å²) >= 11 is 4.64. The van der Waals surface area contributed by atoms with E-state index in [1.807, 2.05) is 25.1 Å². The molecule has 1 aromatic carbocycles. The van der Waals surface area contributed by atoms with Crippen LogP contribution in [0.2, 0.25) is 0 Å². The number of methoxy groups -OCH3 is 1. The fraction of sp³-hybridized carbons (Fsp3) is 0.214. The second-order valence-electron chi connectivity index (χ2n) is 4.21. The smallest absolute Gasteiger partial charge is 0.358 e. The van der Waals surface area contributed by atoms with Crippen molar-refractivity contribution in [1.29, 1.82) is 0 Å². The maximum atomic E-state index is 11.7. The van der Waals surface area contributed by atoms with Gasteiger partial charge in [-0.15, -0.1) is 11.3 Å². The highest BCUT2D eigenvalue weighted by Crippen LogP contribution is 2.31. The van der Waals surface area contributed by atoms with E-state index in [2.05, 4.69) is 25.7 Å². The predicted molar refractivity (Wildman–Crippen MR) is 81.3 cm³/mol. The summed E-state index contributed by atoms with van der Waals surface area (Å²) in [7, 11) is 1.27. The zero-order valence-electron chi connectivity index (χ0n) is 11.2. The van der Waals surface area contributed by atoms with Crippen LogP contribution in [0.25, 0.3) is 10.6 Å². The summed E-state index contributed by atoms with van der Waals surface area (Å²) in [4.78, 5) is 27.9. The fourth-order valence-electron chi connectivity index (χ4n) is 1.69. The number of carbonyl (C=O) groups excluding carboxylic acids is 2. The van der Waals surface area contributed by atoms with Gasteiger partial charge in [-0.3, -0.25) is 4.79 Å². The maximum absolute atomic E-state index is 11.7. The zero-order chi connectivity index (χ0) is 14.9. The molecule has 0 saturated heterocycles. The van der Waals surface area contributed by atoms with Crippen molar-refractivity contribution >= 4 is 39.0 Å². The molecular weight excluding hydrogens is 342 g/mol. The Balaban J connectivity index is 2.55. The van der Waals surface area contributed by atoms with Crippen molar-refractivity contribution in [2.45, 2.75) is 13.8 Å². The lowest BCUT2D eigenvalue weighted by Crippen LogP contribution is -2.06. The van der Waals surface area contributed by atoms with Crippen LogP contribution in [0.15, 0.2) is 22.7 Å². The van der Waals surface area contributed by atoms with Crippen LogP contribution in [0.4, 0.5) is 0 Å². The van der Waals surface area contributed by atoms with Crippen LogP contribution in [0.1, 0.15) is 32.6 Å². The van der Waals surface area contributed by atoms with E-state index in [9.17, 15) is 9.59 Å². The molecule has 6 heteroatoms. The molecule has 0 unspecified atom stereocenters. The summed E-state index contributed by atoms with van der Waals surface area (Å²) in [6.07, 6.45) is 0. The van der Waals surface area contributed by atoms with E-state index in [1.54, 1.807) is 0 Å². The Hall–Kier alpha value is -1.53. The number of Topliss-reactive ketones (excluding diaryl/α,β-unsaturated/α-hetero) is 1. The van der Waals surface area contributed by atoms with Gasteiger partial charge in [0.1, 0.15) is 9.88 Å². The third-order valence-electron chi connectivity index (χ3n) is 2.73. The number of nitrogens with zero attached hydrogens (tertiary/aromatic N) is 1. The van der Waals surface area contributed by atoms with Crippen molar-refractivity contribution in [2.75, 3.05) is 7.11 Å². The second kappa shape index (κ2) is 5.85. The highest BCUT2D eigenvalue weighted by atomic mass is 79.9. The molecule has 104 valence electrons. The summed E-state index contributed by atoms with van der Waals surface area (Å²) in [6.45, 7) is 3.38. The lowest BCUT2D eigenvalue weighted by atomic mass is 10.1. The Bertz CT molecular complexity index is 694. The van der Waals surface area contributed by atoms with Gasteiger partial charge in [0.05, 0.1) is 7.11 Å². The number of rotatable bonds is 3. The number of aromatic nitrogens is 1. The third-order valence-corrected chi connectivity index (χ3v) is 4.83. The Morgan fingerprint density at radius 1 is 1.35 bits per heavy atom. The molecule has 0 spiro atoms. The monoisotopic (exact) mass is 353 g/mol. The molecule has 0 aliphatic carbocycles. The second-order valence-corrected chi connectivity index (χ2v) is 6.06. The zero-order valence-corrected chi connectivity index (χ0v) is 13.6. The fourth-order valence-corrected chi connectivity index (χ4v) is 2.89. The Morgan fingerprint density at radius 3 is 2.60 bits per heavy atom. The number of esters is 1. The lowest BCUT2D eigenvalue weighted by molar-refractivity contribution is 0.0591. The van der Waals surface area contributed by atoms with Crippen LogP contribution in [-0.4, -0.2) is 23.8 Å². The predicted octanol–water partition coefficient (Wildman–Crippen LogP) is 3.87. The molecule has 2 rings (SSSR count). The minimum atomic E-state index is -0.591. The lowest BCUT2D eigenvalue weighted by Gasteiger charge is -2.00. The molecule has 0 saturated carbocycles. The maximum Gasteiger partial charge on any atom is 0.358 e. The molecule has 0 radical (unpaired) electrons. The van der Waals surface area contributed by atoms with E-state index in [-0.39, 0.29) is 11.5 Å². The molecule has 1 heterocycles. The van der Waals surface area contributed by atoms with Crippen molar-refractivity contribution in [1.82, 2.24) is 4.98 Å². The standard InChI is InChI=1S/C14H12BrNO3S/c1-7-6-9(4-5-10(7)15)13-16-11(14(18)19-3)12(20-13)8(2)17/h4-6H,1-3H3. The molecule has 0 fully saturated rings. The summed E-state index contributed by atoms with van der Waals surface area (Å²) in [6, 6.07) is 5.76. The van der Waals surface area contributed by atoms with Crippen LogP contribution in [-0.2, 0) is 4.74 Å². The number of halogens is 1. The first-order valence-corrected chi connectivity index (χ1v) is 7.41. The summed E-state index contributed by atoms with van der Waals surface area (Å²) in [5.74, 6) is -0.783. The number of hydrogen-bond acceptors (Lipinski definition) is 5. The van der Waals surface area contributed by atoms with Gasteiger partial charge >= 0.3 is 5.97 Å². The van der Waals surface area contributed by atoms with Crippen molar-refractivity contribution in [3.63, 3.8) is 0 Å². The third kappa shape index (κ3) is 2.81. The highest BCUT2D eigenvalue weighted by molar-refractivity contribution is 9.10. The van der Waals surface area contributed by atoms with E-state index >= 15 is 0 Å². The molecule has 0 amide bonds. The molecule has 1 aromatic heterocycles. The summed E-state index contributed by atoms with van der Waals surface area (Å²) in [5.41, 5.74) is 2.01. The van der Waals surface area contributed by atoms with Gasteiger partial charge in [0.2, 0.25) is 0 Å². The average molecular weight is 354 g/mol. The number of ketones is 1. The Kier molecular flexibility index (Phi) is 4.35. The normalized spacial score (nSPS) is 10.4. The van der Waals surface area contributed by atoms with Gasteiger partial charge in [-0.2, -0.15) is 0 Å². The Morgan fingerprint density at radius 2 is 2.05 bits per heavy atom. The number of thiazole rings is 1. The molecule has 0 aliphatic heterocycles. The molecule has 2 aromatic rings. The van der Waals surface area contributed by atoms with Crippen LogP contribution in [0.5, 0.6) is 0 Å². The van der Waals surface area contributed by atoms with Crippen molar-refractivity contribution < 1.29 is 14.3 Å². The van der Waals surface area contributed by atoms with Crippen molar-refractivity contribution in [2.24, 2.45) is 0 Å². The summed E-state index contributed by atoms with van der Waals surface area (Å²) in [5, 5.41) is 0.631. The van der Waals surface area contributed by atoms with Gasteiger partial charge in [-0.25, -0.2) is 9.78 Å². The van der Waals surface area contributed by atoms with Crippen molar-refractivity contribution in [3.05, 3.63) is 38.8 Å². The van der Waals surface area contributed by atoms with Crippen LogP contribution in [0, 0.1) is 6.92 Å². The van der Waals surface area contributed by atoms with Gasteiger partial charge in [0, 0.05) is 17.0 Å². The SMILES string of the molecule is COC(=O)c1nc(-c2ccc(Br)c(C)c2)sc1C(C)=O.